The molecule has 1 heterocycles. The average Bonchev–Trinajstić information content (AvgIpc) is 2.87. The van der Waals surface area contributed by atoms with Gasteiger partial charge in [-0.3, -0.25) is 4.79 Å². The van der Waals surface area contributed by atoms with Crippen molar-refractivity contribution in [2.45, 2.75) is 11.8 Å². The summed E-state index contributed by atoms with van der Waals surface area (Å²) in [7, 11) is 7.38. The summed E-state index contributed by atoms with van der Waals surface area (Å²) in [5.41, 5.74) is 1.03. The SMILES string of the molecule is COc1ccc(C2SCC(=O)N2CCCN(C)C)c(OC)c1.Cl. The summed E-state index contributed by atoms with van der Waals surface area (Å²) in [6, 6.07) is 5.78. The second-order valence-electron chi connectivity index (χ2n) is 5.52. The number of ether oxygens (including phenoxy) is 2. The molecule has 7 heteroatoms. The van der Waals surface area contributed by atoms with Crippen molar-refractivity contribution in [1.82, 2.24) is 9.80 Å². The van der Waals surface area contributed by atoms with Gasteiger partial charge < -0.3 is 19.3 Å². The van der Waals surface area contributed by atoms with Crippen molar-refractivity contribution in [3.05, 3.63) is 23.8 Å². The molecule has 0 N–H and O–H groups in total. The Bertz CT molecular complexity index is 528. The summed E-state index contributed by atoms with van der Waals surface area (Å²) in [4.78, 5) is 16.3. The zero-order chi connectivity index (χ0) is 16.1. The lowest BCUT2D eigenvalue weighted by Gasteiger charge is -2.26. The Balaban J connectivity index is 0.00000264. The third-order valence-electron chi connectivity index (χ3n) is 3.68. The van der Waals surface area contributed by atoms with Crippen molar-refractivity contribution in [3.8, 4) is 11.5 Å². The number of nitrogens with zero attached hydrogens (tertiary/aromatic N) is 2. The van der Waals surface area contributed by atoms with Gasteiger partial charge in [0.15, 0.2) is 0 Å². The molecule has 0 bridgehead atoms. The van der Waals surface area contributed by atoms with E-state index in [1.165, 1.54) is 0 Å². The predicted molar refractivity (Wildman–Crippen MR) is 96.9 cm³/mol. The van der Waals surface area contributed by atoms with Gasteiger partial charge in [-0.25, -0.2) is 0 Å². The quantitative estimate of drug-likeness (QED) is 0.747. The smallest absolute Gasteiger partial charge is 0.233 e. The van der Waals surface area contributed by atoms with Crippen LogP contribution in [0.4, 0.5) is 0 Å². The molecule has 1 atom stereocenters. The van der Waals surface area contributed by atoms with E-state index in [4.69, 9.17) is 9.47 Å². The molecule has 0 saturated carbocycles. The van der Waals surface area contributed by atoms with Gasteiger partial charge in [0.1, 0.15) is 16.9 Å². The van der Waals surface area contributed by atoms with Gasteiger partial charge in [-0.1, -0.05) is 0 Å². The molecule has 1 aliphatic rings. The third-order valence-corrected chi connectivity index (χ3v) is 4.92. The summed E-state index contributed by atoms with van der Waals surface area (Å²) in [5.74, 6) is 2.26. The summed E-state index contributed by atoms with van der Waals surface area (Å²) in [6.07, 6.45) is 0.967. The van der Waals surface area contributed by atoms with Crippen molar-refractivity contribution in [3.63, 3.8) is 0 Å². The Kier molecular flexibility index (Phi) is 8.02. The van der Waals surface area contributed by atoms with Crippen LogP contribution in [0.5, 0.6) is 11.5 Å². The molecule has 23 heavy (non-hydrogen) atoms. The summed E-state index contributed by atoms with van der Waals surface area (Å²) in [6.45, 7) is 1.74. The van der Waals surface area contributed by atoms with Gasteiger partial charge in [0.05, 0.1) is 20.0 Å². The van der Waals surface area contributed by atoms with Crippen LogP contribution < -0.4 is 9.47 Å². The lowest BCUT2D eigenvalue weighted by atomic mass is 10.1. The number of rotatable bonds is 7. The van der Waals surface area contributed by atoms with Gasteiger partial charge in [-0.05, 0) is 39.2 Å². The van der Waals surface area contributed by atoms with E-state index < -0.39 is 0 Å². The van der Waals surface area contributed by atoms with Crippen molar-refractivity contribution >= 4 is 30.1 Å². The minimum atomic E-state index is 0. The summed E-state index contributed by atoms with van der Waals surface area (Å²) < 4.78 is 10.7. The maximum absolute atomic E-state index is 12.2. The first kappa shape index (κ1) is 19.9. The third kappa shape index (κ3) is 4.93. The summed E-state index contributed by atoms with van der Waals surface area (Å²) >= 11 is 1.66. The molecule has 0 radical (unpaired) electrons. The molecule has 1 saturated heterocycles. The number of benzene rings is 1. The molecule has 0 spiro atoms. The number of methoxy groups -OCH3 is 2. The van der Waals surface area contributed by atoms with E-state index in [0.717, 1.165) is 36.6 Å². The molecular formula is C16H25ClN2O3S. The minimum Gasteiger partial charge on any atom is -0.497 e. The fraction of sp³-hybridized carbons (Fsp3) is 0.562. The monoisotopic (exact) mass is 360 g/mol. The van der Waals surface area contributed by atoms with Crippen LogP contribution in [0.15, 0.2) is 18.2 Å². The van der Waals surface area contributed by atoms with Crippen LogP contribution in [0.2, 0.25) is 0 Å². The van der Waals surface area contributed by atoms with Crippen LogP contribution in [0.25, 0.3) is 0 Å². The highest BCUT2D eigenvalue weighted by Gasteiger charge is 2.34. The molecule has 5 nitrogen and oxygen atoms in total. The van der Waals surface area contributed by atoms with E-state index in [-0.39, 0.29) is 23.7 Å². The second-order valence-corrected chi connectivity index (χ2v) is 6.58. The first-order valence-corrected chi connectivity index (χ1v) is 8.39. The van der Waals surface area contributed by atoms with E-state index in [1.807, 2.05) is 37.2 Å². The molecule has 1 fully saturated rings. The number of thioether (sulfide) groups is 1. The molecule has 1 aromatic carbocycles. The van der Waals surface area contributed by atoms with Crippen LogP contribution >= 0.6 is 24.2 Å². The van der Waals surface area contributed by atoms with Crippen LogP contribution in [-0.2, 0) is 4.79 Å². The Morgan fingerprint density at radius 2 is 2.04 bits per heavy atom. The Labute approximate surface area is 148 Å². The highest BCUT2D eigenvalue weighted by atomic mass is 35.5. The number of carbonyl (C=O) groups excluding carboxylic acids is 1. The molecule has 1 unspecified atom stereocenters. The lowest BCUT2D eigenvalue weighted by Crippen LogP contribution is -2.31. The maximum Gasteiger partial charge on any atom is 0.233 e. The van der Waals surface area contributed by atoms with Crippen LogP contribution in [-0.4, -0.2) is 62.9 Å². The van der Waals surface area contributed by atoms with Crippen molar-refractivity contribution in [1.29, 1.82) is 0 Å². The molecule has 1 aromatic rings. The molecule has 0 aliphatic carbocycles. The molecular weight excluding hydrogens is 336 g/mol. The highest BCUT2D eigenvalue weighted by Crippen LogP contribution is 2.43. The van der Waals surface area contributed by atoms with E-state index in [0.29, 0.717) is 5.75 Å². The first-order chi connectivity index (χ1) is 10.6. The van der Waals surface area contributed by atoms with E-state index in [1.54, 1.807) is 26.0 Å². The van der Waals surface area contributed by atoms with E-state index in [9.17, 15) is 4.79 Å². The van der Waals surface area contributed by atoms with Gasteiger partial charge in [0.2, 0.25) is 5.91 Å². The topological polar surface area (TPSA) is 42.0 Å². The van der Waals surface area contributed by atoms with Gasteiger partial charge in [-0.15, -0.1) is 24.2 Å². The molecule has 2 rings (SSSR count). The Morgan fingerprint density at radius 1 is 1.30 bits per heavy atom. The second kappa shape index (κ2) is 9.25. The summed E-state index contributed by atoms with van der Waals surface area (Å²) in [5, 5.41) is 0.0236. The number of carbonyl (C=O) groups is 1. The van der Waals surface area contributed by atoms with Crippen molar-refractivity contribution in [2.24, 2.45) is 0 Å². The Morgan fingerprint density at radius 3 is 2.65 bits per heavy atom. The van der Waals surface area contributed by atoms with Crippen molar-refractivity contribution in [2.75, 3.05) is 47.2 Å². The molecule has 130 valence electrons. The largest absolute Gasteiger partial charge is 0.497 e. The van der Waals surface area contributed by atoms with Gasteiger partial charge in [0, 0.05) is 18.2 Å². The van der Waals surface area contributed by atoms with E-state index in [2.05, 4.69) is 4.90 Å². The normalized spacial score (nSPS) is 17.3. The number of amides is 1. The standard InChI is InChI=1S/C16H24N2O3S.ClH/c1-17(2)8-5-9-18-15(19)11-22-16(18)13-7-6-12(20-3)10-14(13)21-4;/h6-7,10,16H,5,8-9,11H2,1-4H3;1H. The van der Waals surface area contributed by atoms with Gasteiger partial charge in [0.25, 0.3) is 0 Å². The van der Waals surface area contributed by atoms with E-state index >= 15 is 0 Å². The highest BCUT2D eigenvalue weighted by molar-refractivity contribution is 8.00. The van der Waals surface area contributed by atoms with Gasteiger partial charge >= 0.3 is 0 Å². The number of hydrogen-bond donors (Lipinski definition) is 0. The maximum atomic E-state index is 12.2. The van der Waals surface area contributed by atoms with Crippen LogP contribution in [0, 0.1) is 0 Å². The molecule has 0 aromatic heterocycles. The minimum absolute atomic E-state index is 0. The average molecular weight is 361 g/mol. The molecule has 1 aliphatic heterocycles. The zero-order valence-corrected chi connectivity index (χ0v) is 15.7. The van der Waals surface area contributed by atoms with Crippen LogP contribution in [0.1, 0.15) is 17.4 Å². The Hall–Kier alpha value is -1.11. The number of hydrogen-bond acceptors (Lipinski definition) is 5. The fourth-order valence-electron chi connectivity index (χ4n) is 2.53. The number of halogens is 1. The van der Waals surface area contributed by atoms with Crippen molar-refractivity contribution < 1.29 is 14.3 Å². The van der Waals surface area contributed by atoms with Crippen LogP contribution in [0.3, 0.4) is 0 Å². The van der Waals surface area contributed by atoms with Gasteiger partial charge in [-0.2, -0.15) is 0 Å². The first-order valence-electron chi connectivity index (χ1n) is 7.34. The molecule has 1 amide bonds. The predicted octanol–water partition coefficient (Wildman–Crippen LogP) is 2.65. The zero-order valence-electron chi connectivity index (χ0n) is 14.1. The fourth-order valence-corrected chi connectivity index (χ4v) is 3.78. The lowest BCUT2D eigenvalue weighted by molar-refractivity contribution is -0.128.